The van der Waals surface area contributed by atoms with E-state index in [2.05, 4.69) is 30.6 Å². The Bertz CT molecular complexity index is 759. The van der Waals surface area contributed by atoms with E-state index in [0.717, 1.165) is 37.4 Å². The predicted octanol–water partition coefficient (Wildman–Crippen LogP) is 1.22. The van der Waals surface area contributed by atoms with Crippen LogP contribution in [0, 0.1) is 25.7 Å². The largest absolute Gasteiger partial charge is 0.355 e. The maximum atomic E-state index is 12.4. The number of carbonyl (C=O) groups excluding carboxylic acids is 1. The molecule has 2 saturated heterocycles. The topological polar surface area (TPSA) is 97.0 Å². The van der Waals surface area contributed by atoms with Crippen molar-refractivity contribution in [1.82, 2.24) is 25.7 Å². The summed E-state index contributed by atoms with van der Waals surface area (Å²) < 4.78 is 5.41. The summed E-state index contributed by atoms with van der Waals surface area (Å²) in [6, 6.07) is 3.97. The number of fused-ring (bicyclic) bond motifs is 1. The second-order valence-corrected chi connectivity index (χ2v) is 6.90. The van der Waals surface area contributed by atoms with Crippen molar-refractivity contribution in [3.63, 3.8) is 0 Å². The highest BCUT2D eigenvalue weighted by Crippen LogP contribution is 2.39. The van der Waals surface area contributed by atoms with Gasteiger partial charge in [-0.2, -0.15) is 10.1 Å². The quantitative estimate of drug-likeness (QED) is 0.876. The molecule has 2 aromatic rings. The summed E-state index contributed by atoms with van der Waals surface area (Å²) in [4.78, 5) is 19.0. The van der Waals surface area contributed by atoms with Crippen LogP contribution in [0.25, 0.3) is 0 Å². The molecule has 1 N–H and O–H groups in total. The van der Waals surface area contributed by atoms with Crippen LogP contribution in [0.2, 0.25) is 0 Å². The fraction of sp³-hybridized carbons (Fsp3) is 0.588. The highest BCUT2D eigenvalue weighted by molar-refractivity contribution is 5.80. The maximum absolute atomic E-state index is 12.4. The van der Waals surface area contributed by atoms with E-state index < -0.39 is 0 Å². The van der Waals surface area contributed by atoms with Crippen molar-refractivity contribution in [1.29, 1.82) is 0 Å². The Morgan fingerprint density at radius 3 is 2.72 bits per heavy atom. The van der Waals surface area contributed by atoms with Crippen LogP contribution >= 0.6 is 0 Å². The molecule has 1 amide bonds. The van der Waals surface area contributed by atoms with Gasteiger partial charge in [0, 0.05) is 25.6 Å². The minimum atomic E-state index is -0.0330. The number of aryl methyl sites for hydroxylation is 2. The fourth-order valence-corrected chi connectivity index (χ4v) is 3.95. The number of anilines is 1. The van der Waals surface area contributed by atoms with Gasteiger partial charge in [0.05, 0.1) is 11.6 Å². The molecule has 4 rings (SSSR count). The number of nitrogens with one attached hydrogen (secondary N) is 1. The number of aromatic nitrogens is 4. The number of carbonyl (C=O) groups is 1. The van der Waals surface area contributed by atoms with Gasteiger partial charge in [0.25, 0.3) is 0 Å². The Kier molecular flexibility index (Phi) is 4.10. The summed E-state index contributed by atoms with van der Waals surface area (Å²) >= 11 is 0. The lowest BCUT2D eigenvalue weighted by molar-refractivity contribution is -0.129. The van der Waals surface area contributed by atoms with Crippen molar-refractivity contribution in [2.45, 2.75) is 32.6 Å². The molecule has 0 aromatic carbocycles. The van der Waals surface area contributed by atoms with Gasteiger partial charge in [0.1, 0.15) is 0 Å². The summed E-state index contributed by atoms with van der Waals surface area (Å²) in [6.45, 7) is 5.94. The van der Waals surface area contributed by atoms with Crippen LogP contribution in [-0.2, 0) is 4.79 Å². The number of amides is 1. The van der Waals surface area contributed by atoms with Crippen molar-refractivity contribution in [3.8, 4) is 0 Å². The smallest absolute Gasteiger partial charge is 0.231 e. The number of hydrogen-bond donors (Lipinski definition) is 1. The summed E-state index contributed by atoms with van der Waals surface area (Å²) in [5.74, 6) is 2.52. The molecule has 2 aromatic heterocycles. The normalized spacial score (nSPS) is 26.7. The Morgan fingerprint density at radius 2 is 2.00 bits per heavy atom. The van der Waals surface area contributed by atoms with Crippen molar-refractivity contribution in [3.05, 3.63) is 29.5 Å². The van der Waals surface area contributed by atoms with Crippen LogP contribution in [0.15, 0.2) is 16.7 Å². The van der Waals surface area contributed by atoms with Gasteiger partial charge in [-0.15, -0.1) is 5.10 Å². The molecule has 0 bridgehead atoms. The van der Waals surface area contributed by atoms with Crippen molar-refractivity contribution in [2.24, 2.45) is 11.8 Å². The number of nitrogens with zero attached hydrogens (tertiary/aromatic N) is 5. The van der Waals surface area contributed by atoms with E-state index in [-0.39, 0.29) is 23.7 Å². The minimum Gasteiger partial charge on any atom is -0.355 e. The number of piperidine rings is 1. The number of hydrogen-bond acceptors (Lipinski definition) is 7. The molecule has 2 aliphatic rings. The average Bonchev–Trinajstić information content (AvgIpc) is 2.90. The molecule has 0 aliphatic carbocycles. The molecule has 25 heavy (non-hydrogen) atoms. The van der Waals surface area contributed by atoms with Gasteiger partial charge in [0.2, 0.25) is 11.8 Å². The van der Waals surface area contributed by atoms with Gasteiger partial charge in [-0.3, -0.25) is 4.79 Å². The number of rotatable bonds is 2. The van der Waals surface area contributed by atoms with Gasteiger partial charge >= 0.3 is 0 Å². The highest BCUT2D eigenvalue weighted by atomic mass is 16.5. The Labute approximate surface area is 146 Å². The SMILES string of the molecule is Cc1ccc(N2CC[C@H]3[C@@H](CC2)C(=O)NC[C@H]3c2nc(C)no2)nn1. The zero-order chi connectivity index (χ0) is 17.4. The lowest BCUT2D eigenvalue weighted by atomic mass is 9.75. The monoisotopic (exact) mass is 342 g/mol. The molecule has 132 valence electrons. The van der Waals surface area contributed by atoms with E-state index in [0.29, 0.717) is 18.3 Å². The van der Waals surface area contributed by atoms with Gasteiger partial charge in [0.15, 0.2) is 11.6 Å². The van der Waals surface area contributed by atoms with E-state index in [1.807, 2.05) is 26.0 Å². The van der Waals surface area contributed by atoms with E-state index in [1.165, 1.54) is 0 Å². The molecular weight excluding hydrogens is 320 g/mol. The third-order valence-corrected chi connectivity index (χ3v) is 5.28. The third kappa shape index (κ3) is 3.08. The molecule has 2 fully saturated rings. The molecule has 0 unspecified atom stereocenters. The molecule has 8 heteroatoms. The van der Waals surface area contributed by atoms with Crippen LogP contribution in [0.4, 0.5) is 5.82 Å². The maximum Gasteiger partial charge on any atom is 0.231 e. The Morgan fingerprint density at radius 1 is 1.16 bits per heavy atom. The molecule has 0 radical (unpaired) electrons. The Balaban J connectivity index is 1.56. The van der Waals surface area contributed by atoms with E-state index in [9.17, 15) is 4.79 Å². The van der Waals surface area contributed by atoms with Gasteiger partial charge in [-0.05, 0) is 44.7 Å². The van der Waals surface area contributed by atoms with Gasteiger partial charge in [-0.25, -0.2) is 0 Å². The average molecular weight is 342 g/mol. The minimum absolute atomic E-state index is 0.0330. The highest BCUT2D eigenvalue weighted by Gasteiger charge is 2.43. The van der Waals surface area contributed by atoms with Crippen LogP contribution in [-0.4, -0.2) is 45.9 Å². The second-order valence-electron chi connectivity index (χ2n) is 6.90. The molecular formula is C17H22N6O2. The van der Waals surface area contributed by atoms with Crippen molar-refractivity contribution < 1.29 is 9.32 Å². The zero-order valence-corrected chi connectivity index (χ0v) is 14.5. The van der Waals surface area contributed by atoms with Gasteiger partial charge < -0.3 is 14.7 Å². The molecule has 0 saturated carbocycles. The molecule has 0 spiro atoms. The first-order valence-electron chi connectivity index (χ1n) is 8.75. The van der Waals surface area contributed by atoms with E-state index >= 15 is 0 Å². The first kappa shape index (κ1) is 16.0. The standard InChI is InChI=1S/C17H22N6O2/c1-10-3-4-15(21-20-10)23-7-5-12-13(6-8-23)16(24)18-9-14(12)17-19-11(2)22-25-17/h3-4,12-14H,5-9H2,1-2H3,(H,18,24)/t12-,13+,14+/m0/s1. The summed E-state index contributed by atoms with van der Waals surface area (Å²) in [5.41, 5.74) is 0.901. The molecule has 3 atom stereocenters. The van der Waals surface area contributed by atoms with E-state index in [1.54, 1.807) is 0 Å². The molecule has 2 aliphatic heterocycles. The van der Waals surface area contributed by atoms with E-state index in [4.69, 9.17) is 4.52 Å². The first-order valence-corrected chi connectivity index (χ1v) is 8.75. The summed E-state index contributed by atoms with van der Waals surface area (Å²) in [5, 5.41) is 15.4. The fourth-order valence-electron chi connectivity index (χ4n) is 3.95. The van der Waals surface area contributed by atoms with Crippen molar-refractivity contribution in [2.75, 3.05) is 24.5 Å². The predicted molar refractivity (Wildman–Crippen MR) is 90.0 cm³/mol. The van der Waals surface area contributed by atoms with Gasteiger partial charge in [-0.1, -0.05) is 5.16 Å². The van der Waals surface area contributed by atoms with Crippen LogP contribution in [0.5, 0.6) is 0 Å². The summed E-state index contributed by atoms with van der Waals surface area (Å²) in [7, 11) is 0. The first-order chi connectivity index (χ1) is 12.1. The lowest BCUT2D eigenvalue weighted by Gasteiger charge is -2.34. The van der Waals surface area contributed by atoms with Crippen LogP contribution in [0.1, 0.15) is 36.2 Å². The van der Waals surface area contributed by atoms with Crippen LogP contribution in [0.3, 0.4) is 0 Å². The lowest BCUT2D eigenvalue weighted by Crippen LogP contribution is -2.46. The van der Waals surface area contributed by atoms with Crippen LogP contribution < -0.4 is 10.2 Å². The second kappa shape index (κ2) is 6.42. The summed E-state index contributed by atoms with van der Waals surface area (Å²) in [6.07, 6.45) is 1.68. The third-order valence-electron chi connectivity index (χ3n) is 5.28. The molecule has 8 nitrogen and oxygen atoms in total. The zero-order valence-electron chi connectivity index (χ0n) is 14.5. The van der Waals surface area contributed by atoms with Crippen molar-refractivity contribution >= 4 is 11.7 Å². The molecule has 4 heterocycles. The Hall–Kier alpha value is -2.51.